The van der Waals surface area contributed by atoms with E-state index in [9.17, 15) is 14.4 Å². The topological polar surface area (TPSA) is 130 Å². The Morgan fingerprint density at radius 1 is 1.19 bits per heavy atom. The summed E-state index contributed by atoms with van der Waals surface area (Å²) in [5, 5.41) is 15.0. The summed E-state index contributed by atoms with van der Waals surface area (Å²) in [6.07, 6.45) is 0.454. The number of rotatable bonds is 7. The molecule has 0 aliphatic heterocycles. The molecule has 0 aliphatic carbocycles. The second kappa shape index (κ2) is 10.1. The molecule has 0 aromatic heterocycles. The van der Waals surface area contributed by atoms with Crippen molar-refractivity contribution < 1.29 is 23.9 Å². The molecule has 0 bridgehead atoms. The number of urea groups is 1. The van der Waals surface area contributed by atoms with Gasteiger partial charge in [0, 0.05) is 11.9 Å². The monoisotopic (exact) mass is 378 g/mol. The van der Waals surface area contributed by atoms with Crippen molar-refractivity contribution in [1.82, 2.24) is 10.6 Å². The Kier molecular flexibility index (Phi) is 8.25. The van der Waals surface area contributed by atoms with Gasteiger partial charge in [-0.25, -0.2) is 9.59 Å². The largest absolute Gasteiger partial charge is 0.465 e. The van der Waals surface area contributed by atoms with Crippen LogP contribution in [0.15, 0.2) is 24.3 Å². The number of hydrogen-bond acceptors (Lipinski definition) is 6. The standard InChI is InChI=1S/C18H26N4O5/c1-5-26-15(23)11-20-16(24)21-13-8-6-12(7-9-13)14(10-19)22-17(25)27-18(2,3)4/h6-10,14,19H,5,11H2,1-4H3,(H,22,25)(H2,20,21,24). The van der Waals surface area contributed by atoms with Crippen molar-refractivity contribution in [3.05, 3.63) is 29.8 Å². The van der Waals surface area contributed by atoms with Crippen LogP contribution in [0.3, 0.4) is 0 Å². The summed E-state index contributed by atoms with van der Waals surface area (Å²) in [7, 11) is 0. The predicted octanol–water partition coefficient (Wildman–Crippen LogP) is 2.59. The van der Waals surface area contributed by atoms with E-state index in [-0.39, 0.29) is 13.2 Å². The fraction of sp³-hybridized carbons (Fsp3) is 0.444. The minimum absolute atomic E-state index is 0.229. The average molecular weight is 378 g/mol. The van der Waals surface area contributed by atoms with E-state index in [2.05, 4.69) is 16.0 Å². The fourth-order valence-electron chi connectivity index (χ4n) is 1.97. The molecule has 0 spiro atoms. The second-order valence-electron chi connectivity index (χ2n) is 6.53. The molecule has 0 saturated heterocycles. The molecule has 1 atom stereocenters. The lowest BCUT2D eigenvalue weighted by Crippen LogP contribution is -2.35. The SMILES string of the molecule is CCOC(=O)CNC(=O)Nc1ccc(C(C=N)NC(=O)OC(C)(C)C)cc1. The summed E-state index contributed by atoms with van der Waals surface area (Å²) in [5.41, 5.74) is 0.496. The van der Waals surface area contributed by atoms with Gasteiger partial charge >= 0.3 is 18.1 Å². The first kappa shape index (κ1) is 21.9. The highest BCUT2D eigenvalue weighted by Gasteiger charge is 2.19. The Bertz CT molecular complexity index is 667. The lowest BCUT2D eigenvalue weighted by Gasteiger charge is -2.22. The molecule has 148 valence electrons. The molecule has 0 radical (unpaired) electrons. The second-order valence-corrected chi connectivity index (χ2v) is 6.53. The van der Waals surface area contributed by atoms with Gasteiger partial charge in [-0.2, -0.15) is 0 Å². The zero-order valence-electron chi connectivity index (χ0n) is 15.9. The van der Waals surface area contributed by atoms with Crippen LogP contribution in [0.25, 0.3) is 0 Å². The van der Waals surface area contributed by atoms with E-state index in [0.717, 1.165) is 6.21 Å². The number of alkyl carbamates (subject to hydrolysis) is 1. The van der Waals surface area contributed by atoms with Crippen LogP contribution < -0.4 is 16.0 Å². The molecular formula is C18H26N4O5. The van der Waals surface area contributed by atoms with Gasteiger partial charge in [-0.3, -0.25) is 4.79 Å². The van der Waals surface area contributed by atoms with Crippen LogP contribution in [0.5, 0.6) is 0 Å². The Morgan fingerprint density at radius 2 is 1.81 bits per heavy atom. The first-order valence-electron chi connectivity index (χ1n) is 8.45. The van der Waals surface area contributed by atoms with Gasteiger partial charge in [-0.15, -0.1) is 0 Å². The van der Waals surface area contributed by atoms with Crippen molar-refractivity contribution in [2.75, 3.05) is 18.5 Å². The number of amides is 3. The first-order chi connectivity index (χ1) is 12.6. The molecular weight excluding hydrogens is 352 g/mol. The molecule has 1 unspecified atom stereocenters. The van der Waals surface area contributed by atoms with Crippen molar-refractivity contribution in [3.8, 4) is 0 Å². The maximum absolute atomic E-state index is 11.8. The smallest absolute Gasteiger partial charge is 0.408 e. The number of carbonyl (C=O) groups is 3. The zero-order valence-corrected chi connectivity index (χ0v) is 15.9. The highest BCUT2D eigenvalue weighted by atomic mass is 16.6. The van der Waals surface area contributed by atoms with Crippen LogP contribution in [0.2, 0.25) is 0 Å². The van der Waals surface area contributed by atoms with E-state index in [4.69, 9.17) is 14.9 Å². The van der Waals surface area contributed by atoms with Gasteiger partial charge < -0.3 is 30.8 Å². The van der Waals surface area contributed by atoms with E-state index in [1.54, 1.807) is 52.0 Å². The summed E-state index contributed by atoms with van der Waals surface area (Å²) < 4.78 is 9.89. The summed E-state index contributed by atoms with van der Waals surface area (Å²) in [4.78, 5) is 34.8. The van der Waals surface area contributed by atoms with Crippen LogP contribution in [0.1, 0.15) is 39.3 Å². The lowest BCUT2D eigenvalue weighted by molar-refractivity contribution is -0.141. The summed E-state index contributed by atoms with van der Waals surface area (Å²) >= 11 is 0. The van der Waals surface area contributed by atoms with Crippen LogP contribution in [0.4, 0.5) is 15.3 Å². The van der Waals surface area contributed by atoms with Crippen molar-refractivity contribution in [2.24, 2.45) is 0 Å². The number of esters is 1. The Hall–Kier alpha value is -3.10. The normalized spacial score (nSPS) is 11.7. The van der Waals surface area contributed by atoms with Gasteiger partial charge in [0.2, 0.25) is 0 Å². The number of carbonyl (C=O) groups excluding carboxylic acids is 3. The quantitative estimate of drug-likeness (QED) is 0.428. The van der Waals surface area contributed by atoms with E-state index in [0.29, 0.717) is 11.3 Å². The molecule has 1 aromatic rings. The van der Waals surface area contributed by atoms with Crippen LogP contribution in [-0.2, 0) is 14.3 Å². The van der Waals surface area contributed by atoms with E-state index in [1.165, 1.54) is 0 Å². The van der Waals surface area contributed by atoms with Crippen molar-refractivity contribution in [2.45, 2.75) is 39.3 Å². The molecule has 27 heavy (non-hydrogen) atoms. The lowest BCUT2D eigenvalue weighted by atomic mass is 10.1. The number of ether oxygens (including phenoxy) is 2. The van der Waals surface area contributed by atoms with Gasteiger partial charge in [0.15, 0.2) is 0 Å². The number of nitrogens with one attached hydrogen (secondary N) is 4. The first-order valence-corrected chi connectivity index (χ1v) is 8.45. The molecule has 0 fully saturated rings. The van der Waals surface area contributed by atoms with Crippen molar-refractivity contribution in [3.63, 3.8) is 0 Å². The highest BCUT2D eigenvalue weighted by Crippen LogP contribution is 2.16. The summed E-state index contributed by atoms with van der Waals surface area (Å²) in [6.45, 7) is 6.94. The van der Waals surface area contributed by atoms with Crippen molar-refractivity contribution in [1.29, 1.82) is 5.41 Å². The molecule has 0 aliphatic rings. The van der Waals surface area contributed by atoms with Gasteiger partial charge in [0.1, 0.15) is 12.1 Å². The third kappa shape index (κ3) is 8.70. The third-order valence-corrected chi connectivity index (χ3v) is 3.07. The molecule has 9 heteroatoms. The molecule has 3 amide bonds. The van der Waals surface area contributed by atoms with E-state index >= 15 is 0 Å². The molecule has 1 aromatic carbocycles. The minimum Gasteiger partial charge on any atom is -0.465 e. The average Bonchev–Trinajstić information content (AvgIpc) is 2.57. The highest BCUT2D eigenvalue weighted by molar-refractivity contribution is 5.91. The van der Waals surface area contributed by atoms with Crippen LogP contribution in [0, 0.1) is 5.41 Å². The number of anilines is 1. The Labute approximate surface area is 158 Å². The number of benzene rings is 1. The molecule has 4 N–H and O–H groups in total. The predicted molar refractivity (Wildman–Crippen MR) is 101 cm³/mol. The Balaban J connectivity index is 2.60. The minimum atomic E-state index is -0.661. The van der Waals surface area contributed by atoms with Gasteiger partial charge in [-0.1, -0.05) is 12.1 Å². The van der Waals surface area contributed by atoms with E-state index in [1.807, 2.05) is 0 Å². The van der Waals surface area contributed by atoms with Gasteiger partial charge in [0.25, 0.3) is 0 Å². The fourth-order valence-corrected chi connectivity index (χ4v) is 1.97. The van der Waals surface area contributed by atoms with Gasteiger partial charge in [-0.05, 0) is 45.4 Å². The van der Waals surface area contributed by atoms with Crippen LogP contribution >= 0.6 is 0 Å². The van der Waals surface area contributed by atoms with Crippen LogP contribution in [-0.4, -0.2) is 43.1 Å². The summed E-state index contributed by atoms with van der Waals surface area (Å²) in [5.74, 6) is -0.523. The van der Waals surface area contributed by atoms with E-state index < -0.39 is 29.7 Å². The molecule has 0 heterocycles. The van der Waals surface area contributed by atoms with Crippen molar-refractivity contribution >= 4 is 30.0 Å². The Morgan fingerprint density at radius 3 is 2.33 bits per heavy atom. The summed E-state index contributed by atoms with van der Waals surface area (Å²) in [6, 6.07) is 5.35. The maximum atomic E-state index is 11.8. The van der Waals surface area contributed by atoms with Gasteiger partial charge in [0.05, 0.1) is 12.6 Å². The zero-order chi connectivity index (χ0) is 20.4. The third-order valence-electron chi connectivity index (χ3n) is 3.07. The molecule has 9 nitrogen and oxygen atoms in total. The molecule has 1 rings (SSSR count). The molecule has 0 saturated carbocycles. The maximum Gasteiger partial charge on any atom is 0.408 e. The number of hydrogen-bond donors (Lipinski definition) is 4.